The normalized spacial score (nSPS) is 27.8. The zero-order chi connectivity index (χ0) is 22.5. The Labute approximate surface area is 181 Å². The van der Waals surface area contributed by atoms with Crippen molar-refractivity contribution in [1.29, 1.82) is 0 Å². The van der Waals surface area contributed by atoms with Gasteiger partial charge in [-0.25, -0.2) is 0 Å². The van der Waals surface area contributed by atoms with Crippen LogP contribution in [0, 0.1) is 0 Å². The summed E-state index contributed by atoms with van der Waals surface area (Å²) in [4.78, 5) is 0. The minimum Gasteiger partial charge on any atom is -0.497 e. The summed E-state index contributed by atoms with van der Waals surface area (Å²) in [7, 11) is -0.595. The van der Waals surface area contributed by atoms with Crippen LogP contribution in [-0.4, -0.2) is 69.6 Å². The lowest BCUT2D eigenvalue weighted by atomic mass is 9.99. The average Bonchev–Trinajstić information content (AvgIpc) is 2.67. The van der Waals surface area contributed by atoms with E-state index in [2.05, 4.69) is 33.9 Å². The van der Waals surface area contributed by atoms with Crippen molar-refractivity contribution in [3.63, 3.8) is 0 Å². The third-order valence-corrected chi connectivity index (χ3v) is 10.4. The van der Waals surface area contributed by atoms with E-state index >= 15 is 0 Å². The SMILES string of the molecule is CCO[C@H]1[C@@H](O[Si](C)(C)C(C)(C)C)[C@H](O)[C@@H](COCc2ccc(OC)cc2)O[C@@H]1O. The monoisotopic (exact) mass is 442 g/mol. The largest absolute Gasteiger partial charge is 0.497 e. The fourth-order valence-electron chi connectivity index (χ4n) is 3.08. The first-order valence-corrected chi connectivity index (χ1v) is 13.4. The Kier molecular flexibility index (Phi) is 8.88. The highest BCUT2D eigenvalue weighted by Crippen LogP contribution is 2.39. The zero-order valence-corrected chi connectivity index (χ0v) is 20.3. The van der Waals surface area contributed by atoms with Gasteiger partial charge in [0, 0.05) is 6.61 Å². The van der Waals surface area contributed by atoms with Gasteiger partial charge in [0.15, 0.2) is 14.6 Å². The Bertz CT molecular complexity index is 644. The second kappa shape index (κ2) is 10.5. The topological polar surface area (TPSA) is 86.6 Å². The number of aliphatic hydroxyl groups excluding tert-OH is 2. The third-order valence-electron chi connectivity index (χ3n) is 5.94. The minimum atomic E-state index is -2.22. The van der Waals surface area contributed by atoms with Crippen LogP contribution in [-0.2, 0) is 25.2 Å². The van der Waals surface area contributed by atoms with Gasteiger partial charge in [-0.05, 0) is 42.8 Å². The standard InChI is InChI=1S/C22H38O7Si/c1-8-27-20-19(29-30(6,7)22(2,3)4)18(23)17(28-21(20)24)14-26-13-15-9-11-16(25-5)12-10-15/h9-12,17-21,23-24H,8,13-14H2,1-7H3/t17-,18-,19+,20+,21+/m1/s1. The molecule has 8 heteroatoms. The zero-order valence-electron chi connectivity index (χ0n) is 19.3. The van der Waals surface area contributed by atoms with Gasteiger partial charge in [0.2, 0.25) is 0 Å². The van der Waals surface area contributed by atoms with Crippen LogP contribution in [0.15, 0.2) is 24.3 Å². The van der Waals surface area contributed by atoms with Crippen LogP contribution in [0.5, 0.6) is 5.75 Å². The summed E-state index contributed by atoms with van der Waals surface area (Å²) in [5.74, 6) is 0.778. The first kappa shape index (κ1) is 25.3. The van der Waals surface area contributed by atoms with E-state index in [1.807, 2.05) is 31.2 Å². The van der Waals surface area contributed by atoms with Gasteiger partial charge in [0.25, 0.3) is 0 Å². The number of hydrogen-bond acceptors (Lipinski definition) is 7. The molecule has 1 aromatic carbocycles. The van der Waals surface area contributed by atoms with Gasteiger partial charge in [-0.3, -0.25) is 0 Å². The molecule has 1 aliphatic rings. The fourth-order valence-corrected chi connectivity index (χ4v) is 4.39. The van der Waals surface area contributed by atoms with Gasteiger partial charge in [-0.1, -0.05) is 32.9 Å². The highest BCUT2D eigenvalue weighted by molar-refractivity contribution is 6.74. The van der Waals surface area contributed by atoms with Crippen LogP contribution < -0.4 is 4.74 Å². The van der Waals surface area contributed by atoms with Gasteiger partial charge in [0.05, 0.1) is 20.3 Å². The molecule has 0 saturated carbocycles. The molecule has 0 bridgehead atoms. The van der Waals surface area contributed by atoms with Gasteiger partial charge >= 0.3 is 0 Å². The Morgan fingerprint density at radius 2 is 1.70 bits per heavy atom. The predicted molar refractivity (Wildman–Crippen MR) is 117 cm³/mol. The summed E-state index contributed by atoms with van der Waals surface area (Å²) < 4.78 is 28.7. The molecule has 0 radical (unpaired) electrons. The molecule has 0 aliphatic carbocycles. The molecule has 0 aromatic heterocycles. The van der Waals surface area contributed by atoms with Crippen LogP contribution >= 0.6 is 0 Å². The number of ether oxygens (including phenoxy) is 4. The summed E-state index contributed by atoms with van der Waals surface area (Å²) in [6.45, 7) is 13.3. The molecule has 2 N–H and O–H groups in total. The third kappa shape index (κ3) is 6.26. The summed E-state index contributed by atoms with van der Waals surface area (Å²) in [6, 6.07) is 7.56. The van der Waals surface area contributed by atoms with Crippen LogP contribution in [0.25, 0.3) is 0 Å². The number of benzene rings is 1. The molecule has 7 nitrogen and oxygen atoms in total. The van der Waals surface area contributed by atoms with E-state index in [-0.39, 0.29) is 11.6 Å². The molecule has 0 spiro atoms. The number of aliphatic hydroxyl groups is 2. The molecule has 1 aromatic rings. The molecule has 2 rings (SSSR count). The summed E-state index contributed by atoms with van der Waals surface area (Å²) in [5.41, 5.74) is 0.975. The Morgan fingerprint density at radius 1 is 1.07 bits per heavy atom. The van der Waals surface area contributed by atoms with Crippen molar-refractivity contribution in [3.05, 3.63) is 29.8 Å². The number of rotatable bonds is 9. The van der Waals surface area contributed by atoms with Crippen molar-refractivity contribution in [2.75, 3.05) is 20.3 Å². The highest BCUT2D eigenvalue weighted by atomic mass is 28.4. The average molecular weight is 443 g/mol. The molecular weight excluding hydrogens is 404 g/mol. The predicted octanol–water partition coefficient (Wildman–Crippen LogP) is 3.09. The summed E-state index contributed by atoms with van der Waals surface area (Å²) in [5, 5.41) is 21.5. The van der Waals surface area contributed by atoms with E-state index in [1.54, 1.807) is 7.11 Å². The second-order valence-corrected chi connectivity index (χ2v) is 13.9. The van der Waals surface area contributed by atoms with Crippen LogP contribution in [0.3, 0.4) is 0 Å². The first-order chi connectivity index (χ1) is 14.0. The Hall–Kier alpha value is -1.00. The van der Waals surface area contributed by atoms with Crippen molar-refractivity contribution in [3.8, 4) is 5.75 Å². The Balaban J connectivity index is 2.05. The summed E-state index contributed by atoms with van der Waals surface area (Å²) >= 11 is 0. The maximum atomic E-state index is 11.0. The van der Waals surface area contributed by atoms with E-state index in [0.717, 1.165) is 11.3 Å². The molecule has 0 amide bonds. The van der Waals surface area contributed by atoms with Crippen LogP contribution in [0.4, 0.5) is 0 Å². The Morgan fingerprint density at radius 3 is 2.23 bits per heavy atom. The van der Waals surface area contributed by atoms with Gasteiger partial charge in [-0.2, -0.15) is 0 Å². The molecule has 5 atom stereocenters. The van der Waals surface area contributed by atoms with Crippen molar-refractivity contribution in [2.45, 2.75) is 83.1 Å². The van der Waals surface area contributed by atoms with E-state index in [4.69, 9.17) is 23.4 Å². The number of methoxy groups -OCH3 is 1. The lowest BCUT2D eigenvalue weighted by molar-refractivity contribution is -0.295. The lowest BCUT2D eigenvalue weighted by Crippen LogP contribution is -2.63. The van der Waals surface area contributed by atoms with Crippen molar-refractivity contribution in [1.82, 2.24) is 0 Å². The smallest absolute Gasteiger partial charge is 0.192 e. The van der Waals surface area contributed by atoms with Crippen molar-refractivity contribution >= 4 is 8.32 Å². The van der Waals surface area contributed by atoms with E-state index in [1.165, 1.54) is 0 Å². The quantitative estimate of drug-likeness (QED) is 0.568. The van der Waals surface area contributed by atoms with Gasteiger partial charge < -0.3 is 33.6 Å². The number of hydrogen-bond donors (Lipinski definition) is 2. The molecule has 1 saturated heterocycles. The van der Waals surface area contributed by atoms with Gasteiger partial charge in [0.1, 0.15) is 30.2 Å². The molecule has 172 valence electrons. The highest BCUT2D eigenvalue weighted by Gasteiger charge is 2.50. The van der Waals surface area contributed by atoms with E-state index in [0.29, 0.717) is 13.2 Å². The molecule has 30 heavy (non-hydrogen) atoms. The molecular formula is C22H38O7Si. The minimum absolute atomic E-state index is 0.0485. The molecule has 0 unspecified atom stereocenters. The first-order valence-electron chi connectivity index (χ1n) is 10.5. The second-order valence-electron chi connectivity index (χ2n) is 9.18. The van der Waals surface area contributed by atoms with E-state index in [9.17, 15) is 10.2 Å². The van der Waals surface area contributed by atoms with Gasteiger partial charge in [-0.15, -0.1) is 0 Å². The van der Waals surface area contributed by atoms with E-state index < -0.39 is 39.0 Å². The lowest BCUT2D eigenvalue weighted by Gasteiger charge is -2.47. The fraction of sp³-hybridized carbons (Fsp3) is 0.727. The molecule has 1 aliphatic heterocycles. The van der Waals surface area contributed by atoms with Crippen molar-refractivity contribution in [2.24, 2.45) is 0 Å². The molecule has 1 heterocycles. The maximum absolute atomic E-state index is 11.0. The van der Waals surface area contributed by atoms with Crippen molar-refractivity contribution < 1.29 is 33.6 Å². The van der Waals surface area contributed by atoms with Crippen LogP contribution in [0.1, 0.15) is 33.3 Å². The summed E-state index contributed by atoms with van der Waals surface area (Å²) in [6.07, 6.45) is -4.33. The molecule has 1 fully saturated rings. The van der Waals surface area contributed by atoms with Crippen LogP contribution in [0.2, 0.25) is 18.1 Å². The maximum Gasteiger partial charge on any atom is 0.192 e.